The van der Waals surface area contributed by atoms with Crippen LogP contribution in [0.3, 0.4) is 0 Å². The van der Waals surface area contributed by atoms with Crippen LogP contribution in [-0.4, -0.2) is 30.9 Å². The van der Waals surface area contributed by atoms with E-state index in [1.165, 1.54) is 0 Å². The zero-order valence-corrected chi connectivity index (χ0v) is 17.1. The third kappa shape index (κ3) is 3.89. The SMILES string of the molecule is Cc1c(C(=O)Nc2cccc(Oc3ccncc3)c2)nnn1-c1ccc2ncccc2c1. The lowest BCUT2D eigenvalue weighted by atomic mass is 10.2. The first kappa shape index (κ1) is 19.4. The second-order valence-electron chi connectivity index (χ2n) is 7.08. The number of ether oxygens (including phenoxy) is 1. The lowest BCUT2D eigenvalue weighted by Gasteiger charge is -2.09. The molecule has 0 aliphatic rings. The first-order valence-corrected chi connectivity index (χ1v) is 9.94. The molecule has 8 nitrogen and oxygen atoms in total. The number of nitrogens with zero attached hydrogens (tertiary/aromatic N) is 5. The molecule has 0 atom stereocenters. The highest BCUT2D eigenvalue weighted by Crippen LogP contribution is 2.24. The van der Waals surface area contributed by atoms with Gasteiger partial charge in [0.1, 0.15) is 11.5 Å². The maximum atomic E-state index is 12.9. The van der Waals surface area contributed by atoms with Crippen LogP contribution < -0.4 is 10.1 Å². The summed E-state index contributed by atoms with van der Waals surface area (Å²) in [7, 11) is 0. The van der Waals surface area contributed by atoms with E-state index in [-0.39, 0.29) is 11.6 Å². The normalized spacial score (nSPS) is 10.8. The molecule has 0 aliphatic heterocycles. The van der Waals surface area contributed by atoms with Crippen molar-refractivity contribution in [3.05, 3.63) is 96.7 Å². The Morgan fingerprint density at radius 1 is 0.938 bits per heavy atom. The molecule has 3 heterocycles. The molecule has 2 aromatic carbocycles. The third-order valence-corrected chi connectivity index (χ3v) is 4.92. The quantitative estimate of drug-likeness (QED) is 0.446. The number of carbonyl (C=O) groups excluding carboxylic acids is 1. The lowest BCUT2D eigenvalue weighted by molar-refractivity contribution is 0.102. The molecular formula is C24H18N6O2. The Morgan fingerprint density at radius 2 is 1.81 bits per heavy atom. The fraction of sp³-hybridized carbons (Fsp3) is 0.0417. The summed E-state index contributed by atoms with van der Waals surface area (Å²) in [5.41, 5.74) is 3.17. The number of amides is 1. The van der Waals surface area contributed by atoms with Crippen LogP contribution in [0.15, 0.2) is 85.3 Å². The van der Waals surface area contributed by atoms with Crippen molar-refractivity contribution in [2.75, 3.05) is 5.32 Å². The first-order valence-electron chi connectivity index (χ1n) is 9.94. The highest BCUT2D eigenvalue weighted by Gasteiger charge is 2.18. The van der Waals surface area contributed by atoms with E-state index in [2.05, 4.69) is 25.6 Å². The average molecular weight is 422 g/mol. The third-order valence-electron chi connectivity index (χ3n) is 4.92. The van der Waals surface area contributed by atoms with Gasteiger partial charge in [0.25, 0.3) is 5.91 Å². The van der Waals surface area contributed by atoms with Crippen LogP contribution >= 0.6 is 0 Å². The Morgan fingerprint density at radius 3 is 2.69 bits per heavy atom. The molecule has 1 N–H and O–H groups in total. The second kappa shape index (κ2) is 8.27. The van der Waals surface area contributed by atoms with Crippen molar-refractivity contribution in [2.45, 2.75) is 6.92 Å². The van der Waals surface area contributed by atoms with Crippen molar-refractivity contribution in [3.63, 3.8) is 0 Å². The van der Waals surface area contributed by atoms with E-state index in [1.54, 1.807) is 53.6 Å². The lowest BCUT2D eigenvalue weighted by Crippen LogP contribution is -2.14. The number of rotatable bonds is 5. The van der Waals surface area contributed by atoms with Gasteiger partial charge in [-0.1, -0.05) is 17.3 Å². The van der Waals surface area contributed by atoms with Gasteiger partial charge in [0.05, 0.1) is 16.9 Å². The summed E-state index contributed by atoms with van der Waals surface area (Å²) >= 11 is 0. The molecular weight excluding hydrogens is 404 g/mol. The summed E-state index contributed by atoms with van der Waals surface area (Å²) in [5, 5.41) is 12.1. The monoisotopic (exact) mass is 422 g/mol. The van der Waals surface area contributed by atoms with E-state index < -0.39 is 0 Å². The highest BCUT2D eigenvalue weighted by molar-refractivity contribution is 6.03. The van der Waals surface area contributed by atoms with E-state index >= 15 is 0 Å². The fourth-order valence-electron chi connectivity index (χ4n) is 3.35. The molecule has 8 heteroatoms. The standard InChI is InChI=1S/C24H18N6O2/c1-16-23(28-29-30(16)19-7-8-22-17(14-19)4-3-11-26-22)24(31)27-18-5-2-6-21(15-18)32-20-9-12-25-13-10-20/h2-15H,1H3,(H,27,31). The molecule has 156 valence electrons. The number of hydrogen-bond donors (Lipinski definition) is 1. The van der Waals surface area contributed by atoms with Crippen LogP contribution in [0.5, 0.6) is 11.5 Å². The Hall–Kier alpha value is -4.59. The first-order chi connectivity index (χ1) is 15.7. The van der Waals surface area contributed by atoms with Gasteiger partial charge in [-0.15, -0.1) is 5.10 Å². The van der Waals surface area contributed by atoms with Crippen LogP contribution in [0, 0.1) is 6.92 Å². The highest BCUT2D eigenvalue weighted by atomic mass is 16.5. The van der Waals surface area contributed by atoms with Crippen LogP contribution in [0.1, 0.15) is 16.2 Å². The van der Waals surface area contributed by atoms with Crippen molar-refractivity contribution in [2.24, 2.45) is 0 Å². The maximum Gasteiger partial charge on any atom is 0.278 e. The molecule has 0 saturated carbocycles. The minimum absolute atomic E-state index is 0.247. The van der Waals surface area contributed by atoms with Crippen LogP contribution in [-0.2, 0) is 0 Å². The number of pyridine rings is 2. The van der Waals surface area contributed by atoms with E-state index in [4.69, 9.17) is 4.74 Å². The van der Waals surface area contributed by atoms with Gasteiger partial charge in [-0.25, -0.2) is 4.68 Å². The van der Waals surface area contributed by atoms with E-state index in [0.29, 0.717) is 22.9 Å². The summed E-state index contributed by atoms with van der Waals surface area (Å²) in [6.45, 7) is 1.81. The summed E-state index contributed by atoms with van der Waals surface area (Å²) in [5.74, 6) is 0.907. The number of fused-ring (bicyclic) bond motifs is 1. The average Bonchev–Trinajstić information content (AvgIpc) is 3.21. The number of anilines is 1. The van der Waals surface area contributed by atoms with Gasteiger partial charge >= 0.3 is 0 Å². The van der Waals surface area contributed by atoms with Crippen LogP contribution in [0.4, 0.5) is 5.69 Å². The molecule has 0 aliphatic carbocycles. The maximum absolute atomic E-state index is 12.9. The van der Waals surface area contributed by atoms with Crippen molar-refractivity contribution >= 4 is 22.5 Å². The van der Waals surface area contributed by atoms with Gasteiger partial charge in [-0.05, 0) is 55.5 Å². The minimum atomic E-state index is -0.350. The van der Waals surface area contributed by atoms with E-state index in [9.17, 15) is 4.79 Å². The van der Waals surface area contributed by atoms with Crippen molar-refractivity contribution in [3.8, 4) is 17.2 Å². The van der Waals surface area contributed by atoms with Crippen LogP contribution in [0.25, 0.3) is 16.6 Å². The van der Waals surface area contributed by atoms with Crippen molar-refractivity contribution in [1.29, 1.82) is 0 Å². The molecule has 0 spiro atoms. The zero-order chi connectivity index (χ0) is 21.9. The smallest absolute Gasteiger partial charge is 0.278 e. The predicted molar refractivity (Wildman–Crippen MR) is 120 cm³/mol. The van der Waals surface area contributed by atoms with E-state index in [0.717, 1.165) is 16.6 Å². The summed E-state index contributed by atoms with van der Waals surface area (Å²) in [6.07, 6.45) is 5.06. The van der Waals surface area contributed by atoms with Crippen molar-refractivity contribution in [1.82, 2.24) is 25.0 Å². The number of aromatic nitrogens is 5. The molecule has 3 aromatic heterocycles. The molecule has 1 amide bonds. The van der Waals surface area contributed by atoms with E-state index in [1.807, 2.05) is 43.3 Å². The number of benzene rings is 2. The molecule has 0 saturated heterocycles. The van der Waals surface area contributed by atoms with Gasteiger partial charge in [0.15, 0.2) is 5.69 Å². The largest absolute Gasteiger partial charge is 0.457 e. The Balaban J connectivity index is 1.36. The topological polar surface area (TPSA) is 94.8 Å². The number of nitrogens with one attached hydrogen (secondary N) is 1. The molecule has 0 bridgehead atoms. The summed E-state index contributed by atoms with van der Waals surface area (Å²) in [4.78, 5) is 21.2. The summed E-state index contributed by atoms with van der Waals surface area (Å²) in [6, 6.07) is 20.3. The molecule has 0 radical (unpaired) electrons. The van der Waals surface area contributed by atoms with Gasteiger partial charge in [0, 0.05) is 35.7 Å². The predicted octanol–water partition coefficient (Wildman–Crippen LogP) is 4.56. The fourth-order valence-corrected chi connectivity index (χ4v) is 3.35. The number of hydrogen-bond acceptors (Lipinski definition) is 6. The summed E-state index contributed by atoms with van der Waals surface area (Å²) < 4.78 is 7.44. The Labute approximate surface area is 183 Å². The molecule has 5 rings (SSSR count). The van der Waals surface area contributed by atoms with Crippen LogP contribution in [0.2, 0.25) is 0 Å². The second-order valence-corrected chi connectivity index (χ2v) is 7.08. The van der Waals surface area contributed by atoms with Crippen molar-refractivity contribution < 1.29 is 9.53 Å². The molecule has 5 aromatic rings. The van der Waals surface area contributed by atoms with Gasteiger partial charge < -0.3 is 10.1 Å². The zero-order valence-electron chi connectivity index (χ0n) is 17.1. The number of carbonyl (C=O) groups is 1. The molecule has 0 unspecified atom stereocenters. The molecule has 0 fully saturated rings. The van der Waals surface area contributed by atoms with Gasteiger partial charge in [-0.3, -0.25) is 14.8 Å². The Kier molecular flexibility index (Phi) is 5.01. The minimum Gasteiger partial charge on any atom is -0.457 e. The molecule has 32 heavy (non-hydrogen) atoms. The van der Waals surface area contributed by atoms with Gasteiger partial charge in [0.2, 0.25) is 0 Å². The Bertz CT molecular complexity index is 1410. The van der Waals surface area contributed by atoms with Gasteiger partial charge in [-0.2, -0.15) is 0 Å².